The van der Waals surface area contributed by atoms with Gasteiger partial charge in [0.25, 0.3) is 0 Å². The number of carbonyl (C=O) groups is 5. The van der Waals surface area contributed by atoms with Crippen molar-refractivity contribution in [2.24, 2.45) is 0 Å². The number of nitrogens with zero attached hydrogens (tertiary/aromatic N) is 4. The summed E-state index contributed by atoms with van der Waals surface area (Å²) in [6.45, 7) is 6.95. The summed E-state index contributed by atoms with van der Waals surface area (Å²) in [6.07, 6.45) is 1.10. The van der Waals surface area contributed by atoms with Gasteiger partial charge in [0.1, 0.15) is 0 Å². The van der Waals surface area contributed by atoms with Crippen LogP contribution >= 0.6 is 0 Å². The third-order valence-corrected chi connectivity index (χ3v) is 6.23. The van der Waals surface area contributed by atoms with Crippen molar-refractivity contribution in [3.8, 4) is 0 Å². The second kappa shape index (κ2) is 19.7. The fraction of sp³-hybridized carbons (Fsp3) is 0.720. The highest BCUT2D eigenvalue weighted by molar-refractivity contribution is 5.78. The molecule has 15 nitrogen and oxygen atoms in total. The standard InChI is InChI=1S/C25H44N6O9/c1-20(32)16-28-8-12-30(18-24(37)38)14-10-29(11-15-31(13-9-28)19-25(39)40)17-22(34)27-7-6-26-21(33)4-2-3-5-23(35)36/h32H,1-19H2,(H,26,33)(H,27,34)(H,35,36)(H,37,38)(H,39,40). The van der Waals surface area contributed by atoms with E-state index in [4.69, 9.17) is 5.11 Å². The Labute approximate surface area is 234 Å². The first-order valence-corrected chi connectivity index (χ1v) is 13.4. The molecule has 1 heterocycles. The first-order chi connectivity index (χ1) is 18.9. The van der Waals surface area contributed by atoms with Crippen molar-refractivity contribution in [2.45, 2.75) is 25.7 Å². The van der Waals surface area contributed by atoms with Gasteiger partial charge in [-0.05, 0) is 12.8 Å². The average Bonchev–Trinajstić information content (AvgIpc) is 2.85. The fourth-order valence-corrected chi connectivity index (χ4v) is 4.16. The van der Waals surface area contributed by atoms with Crippen molar-refractivity contribution >= 4 is 29.7 Å². The van der Waals surface area contributed by atoms with Crippen molar-refractivity contribution in [3.05, 3.63) is 12.3 Å². The van der Waals surface area contributed by atoms with E-state index in [1.807, 2.05) is 9.80 Å². The Morgan fingerprint density at radius 1 is 0.525 bits per heavy atom. The van der Waals surface area contributed by atoms with Gasteiger partial charge < -0.3 is 31.1 Å². The van der Waals surface area contributed by atoms with Crippen LogP contribution in [-0.4, -0.2) is 161 Å². The van der Waals surface area contributed by atoms with Gasteiger partial charge in [-0.25, -0.2) is 0 Å². The number of carboxylic acid groups (broad SMARTS) is 3. The first kappa shape index (κ1) is 34.8. The number of hydrogen-bond acceptors (Lipinski definition) is 10. The van der Waals surface area contributed by atoms with E-state index in [2.05, 4.69) is 17.2 Å². The molecule has 40 heavy (non-hydrogen) atoms. The van der Waals surface area contributed by atoms with E-state index in [0.717, 1.165) is 0 Å². The number of nitrogens with one attached hydrogen (secondary N) is 2. The number of aliphatic carboxylic acids is 3. The number of carbonyl (C=O) groups excluding carboxylic acids is 2. The summed E-state index contributed by atoms with van der Waals surface area (Å²) in [5.74, 6) is -3.40. The molecule has 0 unspecified atom stereocenters. The molecule has 1 aliphatic heterocycles. The molecule has 0 radical (unpaired) electrons. The zero-order valence-electron chi connectivity index (χ0n) is 23.1. The Bertz CT molecular complexity index is 825. The molecular weight excluding hydrogens is 528 g/mol. The lowest BCUT2D eigenvalue weighted by Gasteiger charge is -2.33. The Kier molecular flexibility index (Phi) is 17.1. The lowest BCUT2D eigenvalue weighted by molar-refractivity contribution is -0.139. The summed E-state index contributed by atoms with van der Waals surface area (Å²) in [5, 5.41) is 42.4. The van der Waals surface area contributed by atoms with Gasteiger partial charge >= 0.3 is 17.9 Å². The minimum atomic E-state index is -0.980. The normalized spacial score (nSPS) is 16.8. The quantitative estimate of drug-likeness (QED) is 0.0905. The third-order valence-electron chi connectivity index (χ3n) is 6.23. The minimum absolute atomic E-state index is 0.0142. The molecule has 15 heteroatoms. The second-order valence-corrected chi connectivity index (χ2v) is 9.76. The molecule has 0 spiro atoms. The van der Waals surface area contributed by atoms with Crippen LogP contribution in [0, 0.1) is 0 Å². The van der Waals surface area contributed by atoms with Crippen LogP contribution in [0.4, 0.5) is 0 Å². The van der Waals surface area contributed by atoms with E-state index >= 15 is 0 Å². The molecule has 0 bridgehead atoms. The maximum Gasteiger partial charge on any atom is 0.317 e. The van der Waals surface area contributed by atoms with Gasteiger partial charge in [0.05, 0.1) is 31.9 Å². The largest absolute Gasteiger partial charge is 0.512 e. The maximum atomic E-state index is 12.6. The average molecular weight is 573 g/mol. The van der Waals surface area contributed by atoms with Crippen LogP contribution < -0.4 is 10.6 Å². The predicted molar refractivity (Wildman–Crippen MR) is 145 cm³/mol. The second-order valence-electron chi connectivity index (χ2n) is 9.76. The number of rotatable bonds is 16. The van der Waals surface area contributed by atoms with Gasteiger partial charge in [-0.2, -0.15) is 0 Å². The van der Waals surface area contributed by atoms with E-state index in [9.17, 15) is 39.3 Å². The van der Waals surface area contributed by atoms with Crippen LogP contribution in [-0.2, 0) is 24.0 Å². The SMILES string of the molecule is C=C(O)CN1CCN(CC(=O)O)CCN(CC(=O)NCCNC(=O)CCCCC(=O)O)CCN(CC(=O)O)CC1. The number of amides is 2. The van der Waals surface area contributed by atoms with Gasteiger partial charge in [-0.15, -0.1) is 0 Å². The topological polar surface area (TPSA) is 203 Å². The van der Waals surface area contributed by atoms with Crippen LogP contribution in [0.3, 0.4) is 0 Å². The van der Waals surface area contributed by atoms with Gasteiger partial charge in [-0.1, -0.05) is 6.58 Å². The van der Waals surface area contributed by atoms with E-state index in [0.29, 0.717) is 65.2 Å². The molecule has 6 N–H and O–H groups in total. The van der Waals surface area contributed by atoms with E-state index in [1.165, 1.54) is 0 Å². The van der Waals surface area contributed by atoms with E-state index in [-0.39, 0.29) is 69.7 Å². The Morgan fingerprint density at radius 2 is 0.900 bits per heavy atom. The molecule has 1 aliphatic rings. The van der Waals surface area contributed by atoms with Crippen molar-refractivity contribution in [2.75, 3.05) is 91.6 Å². The molecule has 0 aromatic heterocycles. The van der Waals surface area contributed by atoms with E-state index < -0.39 is 17.9 Å². The lowest BCUT2D eigenvalue weighted by atomic mass is 10.2. The fourth-order valence-electron chi connectivity index (χ4n) is 4.16. The molecule has 2 amide bonds. The monoisotopic (exact) mass is 572 g/mol. The number of aliphatic hydroxyl groups is 1. The van der Waals surface area contributed by atoms with E-state index in [1.54, 1.807) is 9.80 Å². The van der Waals surface area contributed by atoms with Crippen LogP contribution in [0.2, 0.25) is 0 Å². The minimum Gasteiger partial charge on any atom is -0.512 e. The number of unbranched alkanes of at least 4 members (excludes halogenated alkanes) is 1. The molecule has 228 valence electrons. The van der Waals surface area contributed by atoms with Crippen LogP contribution in [0.1, 0.15) is 25.7 Å². The third kappa shape index (κ3) is 18.1. The van der Waals surface area contributed by atoms with Crippen molar-refractivity contribution in [3.63, 3.8) is 0 Å². The van der Waals surface area contributed by atoms with Gasteiger partial charge in [0.15, 0.2) is 0 Å². The van der Waals surface area contributed by atoms with Crippen molar-refractivity contribution in [1.82, 2.24) is 30.2 Å². The molecular formula is C25H44N6O9. The summed E-state index contributed by atoms with van der Waals surface area (Å²) in [4.78, 5) is 65.0. The van der Waals surface area contributed by atoms with Crippen LogP contribution in [0.5, 0.6) is 0 Å². The molecule has 0 aliphatic carbocycles. The number of carboxylic acids is 3. The Balaban J connectivity index is 2.68. The Hall–Kier alpha value is -3.27. The van der Waals surface area contributed by atoms with Crippen LogP contribution in [0.25, 0.3) is 0 Å². The van der Waals surface area contributed by atoms with Gasteiger partial charge in [-0.3, -0.25) is 43.6 Å². The summed E-state index contributed by atoms with van der Waals surface area (Å²) < 4.78 is 0. The lowest BCUT2D eigenvalue weighted by Crippen LogP contribution is -2.49. The zero-order chi connectivity index (χ0) is 29.9. The molecule has 1 rings (SSSR count). The van der Waals surface area contributed by atoms with Gasteiger partial charge in [0, 0.05) is 78.3 Å². The van der Waals surface area contributed by atoms with Crippen LogP contribution in [0.15, 0.2) is 12.3 Å². The summed E-state index contributed by atoms with van der Waals surface area (Å²) in [5.41, 5.74) is 0. The molecule has 0 aromatic carbocycles. The first-order valence-electron chi connectivity index (χ1n) is 13.4. The number of aliphatic hydroxyl groups excluding tert-OH is 1. The molecule has 0 atom stereocenters. The highest BCUT2D eigenvalue weighted by Gasteiger charge is 2.20. The predicted octanol–water partition coefficient (Wildman–Crippen LogP) is -1.67. The van der Waals surface area contributed by atoms with Crippen molar-refractivity contribution in [1.29, 1.82) is 0 Å². The zero-order valence-corrected chi connectivity index (χ0v) is 23.1. The molecule has 1 saturated heterocycles. The highest BCUT2D eigenvalue weighted by Crippen LogP contribution is 2.03. The summed E-state index contributed by atoms with van der Waals surface area (Å²) >= 11 is 0. The summed E-state index contributed by atoms with van der Waals surface area (Å²) in [6, 6.07) is 0. The Morgan fingerprint density at radius 3 is 1.30 bits per heavy atom. The maximum absolute atomic E-state index is 12.6. The van der Waals surface area contributed by atoms with Gasteiger partial charge in [0.2, 0.25) is 11.8 Å². The molecule has 0 saturated carbocycles. The number of hydrogen-bond donors (Lipinski definition) is 6. The van der Waals surface area contributed by atoms with Crippen molar-refractivity contribution < 1.29 is 44.4 Å². The smallest absolute Gasteiger partial charge is 0.317 e. The molecule has 1 fully saturated rings. The molecule has 0 aromatic rings. The summed E-state index contributed by atoms with van der Waals surface area (Å²) in [7, 11) is 0. The highest BCUT2D eigenvalue weighted by atomic mass is 16.4.